The first-order valence-corrected chi connectivity index (χ1v) is 6.03. The Morgan fingerprint density at radius 2 is 1.25 bits per heavy atom. The third-order valence-corrected chi connectivity index (χ3v) is 4.15. The summed E-state index contributed by atoms with van der Waals surface area (Å²) in [7, 11) is 0. The Labute approximate surface area is 99.5 Å². The smallest absolute Gasteiger partial charge is 0.121 e. The third kappa shape index (κ3) is 1.83. The van der Waals surface area contributed by atoms with Crippen LogP contribution >= 0.6 is 0 Å². The molecule has 0 saturated heterocycles. The van der Waals surface area contributed by atoms with Gasteiger partial charge in [-0.1, -0.05) is 20.8 Å². The van der Waals surface area contributed by atoms with Gasteiger partial charge in [0.05, 0.1) is 0 Å². The summed E-state index contributed by atoms with van der Waals surface area (Å²) in [4.78, 5) is 0. The van der Waals surface area contributed by atoms with E-state index in [0.717, 1.165) is 17.5 Å². The summed E-state index contributed by atoms with van der Waals surface area (Å²) < 4.78 is 0. The molecule has 0 spiro atoms. The van der Waals surface area contributed by atoms with Crippen molar-refractivity contribution < 1.29 is 5.11 Å². The molecule has 0 unspecified atom stereocenters. The van der Waals surface area contributed by atoms with Crippen LogP contribution in [0.3, 0.4) is 0 Å². The lowest BCUT2D eigenvalue weighted by molar-refractivity contribution is 0.459. The normalized spacial score (nSPS) is 11.9. The molecule has 0 radical (unpaired) electrons. The van der Waals surface area contributed by atoms with E-state index in [4.69, 9.17) is 0 Å². The molecule has 90 valence electrons. The highest BCUT2D eigenvalue weighted by Gasteiger charge is 2.25. The molecule has 0 aliphatic rings. The molecular formula is C15H24O. The molecule has 1 rings (SSSR count). The highest BCUT2D eigenvalue weighted by molar-refractivity contribution is 5.55. The van der Waals surface area contributed by atoms with Crippen LogP contribution in [0.5, 0.6) is 5.75 Å². The van der Waals surface area contributed by atoms with E-state index in [1.165, 1.54) is 16.7 Å². The Balaban J connectivity index is 3.65. The van der Waals surface area contributed by atoms with Crippen LogP contribution in [0.2, 0.25) is 0 Å². The van der Waals surface area contributed by atoms with Crippen LogP contribution in [0, 0.1) is 27.7 Å². The fourth-order valence-electron chi connectivity index (χ4n) is 2.48. The van der Waals surface area contributed by atoms with Crippen molar-refractivity contribution in [3.63, 3.8) is 0 Å². The maximum absolute atomic E-state index is 10.0. The predicted molar refractivity (Wildman–Crippen MR) is 70.4 cm³/mol. The van der Waals surface area contributed by atoms with E-state index in [0.29, 0.717) is 5.75 Å². The number of rotatable bonds is 2. The Morgan fingerprint density at radius 1 is 0.875 bits per heavy atom. The van der Waals surface area contributed by atoms with Gasteiger partial charge in [0.1, 0.15) is 5.75 Å². The summed E-state index contributed by atoms with van der Waals surface area (Å²) >= 11 is 0. The van der Waals surface area contributed by atoms with E-state index in [2.05, 4.69) is 34.6 Å². The lowest BCUT2D eigenvalue weighted by Gasteiger charge is -2.30. The van der Waals surface area contributed by atoms with Gasteiger partial charge in [-0.15, -0.1) is 0 Å². The summed E-state index contributed by atoms with van der Waals surface area (Å²) in [5, 5.41) is 10.0. The Morgan fingerprint density at radius 3 is 1.56 bits per heavy atom. The largest absolute Gasteiger partial charge is 0.507 e. The lowest BCUT2D eigenvalue weighted by Crippen LogP contribution is -2.20. The molecule has 0 atom stereocenters. The average molecular weight is 220 g/mol. The van der Waals surface area contributed by atoms with E-state index in [9.17, 15) is 5.11 Å². The minimum absolute atomic E-state index is 0.178. The van der Waals surface area contributed by atoms with Crippen LogP contribution in [0.4, 0.5) is 0 Å². The summed E-state index contributed by atoms with van der Waals surface area (Å²) in [6.07, 6.45) is 1.11. The molecule has 1 aromatic rings. The van der Waals surface area contributed by atoms with Gasteiger partial charge in [0.25, 0.3) is 0 Å². The van der Waals surface area contributed by atoms with Crippen molar-refractivity contribution >= 4 is 0 Å². The van der Waals surface area contributed by atoms with Gasteiger partial charge in [-0.2, -0.15) is 0 Å². The summed E-state index contributed by atoms with van der Waals surface area (Å²) in [5.41, 5.74) is 6.12. The van der Waals surface area contributed by atoms with Crippen molar-refractivity contribution in [3.8, 4) is 5.75 Å². The van der Waals surface area contributed by atoms with Gasteiger partial charge in [-0.3, -0.25) is 0 Å². The number of aromatic hydroxyl groups is 1. The zero-order chi connectivity index (χ0) is 12.7. The zero-order valence-corrected chi connectivity index (χ0v) is 11.7. The monoisotopic (exact) mass is 220 g/mol. The van der Waals surface area contributed by atoms with Crippen LogP contribution in [-0.4, -0.2) is 5.11 Å². The second kappa shape index (κ2) is 4.12. The number of phenolic OH excluding ortho intramolecular Hbond substituents is 1. The van der Waals surface area contributed by atoms with Gasteiger partial charge in [0.15, 0.2) is 0 Å². The fourth-order valence-corrected chi connectivity index (χ4v) is 2.48. The van der Waals surface area contributed by atoms with Gasteiger partial charge in [-0.25, -0.2) is 0 Å². The Kier molecular flexibility index (Phi) is 3.37. The quantitative estimate of drug-likeness (QED) is 0.787. The van der Waals surface area contributed by atoms with Gasteiger partial charge in [-0.05, 0) is 67.3 Å². The van der Waals surface area contributed by atoms with E-state index in [1.54, 1.807) is 0 Å². The molecule has 1 N–H and O–H groups in total. The molecule has 16 heavy (non-hydrogen) atoms. The number of benzene rings is 1. The van der Waals surface area contributed by atoms with Crippen molar-refractivity contribution in [2.75, 3.05) is 0 Å². The van der Waals surface area contributed by atoms with Crippen molar-refractivity contribution in [1.82, 2.24) is 0 Å². The molecule has 0 heterocycles. The highest BCUT2D eigenvalue weighted by atomic mass is 16.3. The maximum atomic E-state index is 10.0. The number of hydrogen-bond acceptors (Lipinski definition) is 1. The summed E-state index contributed by atoms with van der Waals surface area (Å²) in [5.74, 6) is 0.464. The van der Waals surface area contributed by atoms with Crippen LogP contribution in [0.15, 0.2) is 0 Å². The zero-order valence-electron chi connectivity index (χ0n) is 11.7. The van der Waals surface area contributed by atoms with Gasteiger partial charge < -0.3 is 5.11 Å². The topological polar surface area (TPSA) is 20.2 Å². The minimum atomic E-state index is 0.178. The van der Waals surface area contributed by atoms with E-state index in [1.807, 2.05) is 13.8 Å². The Hall–Kier alpha value is -0.980. The molecular weight excluding hydrogens is 196 g/mol. The van der Waals surface area contributed by atoms with Crippen LogP contribution < -0.4 is 0 Å². The lowest BCUT2D eigenvalue weighted by atomic mass is 9.75. The fraction of sp³-hybridized carbons (Fsp3) is 0.600. The summed E-state index contributed by atoms with van der Waals surface area (Å²) in [6, 6.07) is 0. The molecule has 0 fully saturated rings. The molecule has 0 amide bonds. The van der Waals surface area contributed by atoms with Crippen LogP contribution in [-0.2, 0) is 5.41 Å². The molecule has 0 aliphatic carbocycles. The molecule has 0 saturated carbocycles. The van der Waals surface area contributed by atoms with Crippen molar-refractivity contribution in [2.45, 2.75) is 60.3 Å². The van der Waals surface area contributed by atoms with Crippen LogP contribution in [0.25, 0.3) is 0 Å². The van der Waals surface area contributed by atoms with Crippen molar-refractivity contribution in [2.24, 2.45) is 0 Å². The van der Waals surface area contributed by atoms with Gasteiger partial charge in [0, 0.05) is 0 Å². The second-order valence-electron chi connectivity index (χ2n) is 5.46. The standard InChI is InChI=1S/C15H24O/c1-8-15(6,7)13-9(2)11(4)14(16)12(5)10(13)3/h16H,8H2,1-7H3. The predicted octanol–water partition coefficient (Wildman–Crippen LogP) is 4.31. The van der Waals surface area contributed by atoms with Gasteiger partial charge in [0.2, 0.25) is 0 Å². The first-order chi connectivity index (χ1) is 7.24. The molecule has 0 aromatic heterocycles. The van der Waals surface area contributed by atoms with E-state index < -0.39 is 0 Å². The van der Waals surface area contributed by atoms with Crippen LogP contribution in [0.1, 0.15) is 55.0 Å². The van der Waals surface area contributed by atoms with Crippen molar-refractivity contribution in [3.05, 3.63) is 27.8 Å². The SMILES string of the molecule is CCC(C)(C)c1c(C)c(C)c(O)c(C)c1C. The molecule has 1 aromatic carbocycles. The molecule has 0 aliphatic heterocycles. The van der Waals surface area contributed by atoms with E-state index in [-0.39, 0.29) is 5.41 Å². The molecule has 0 bridgehead atoms. The first-order valence-electron chi connectivity index (χ1n) is 6.03. The molecule has 1 nitrogen and oxygen atoms in total. The average Bonchev–Trinajstić information content (AvgIpc) is 2.23. The summed E-state index contributed by atoms with van der Waals surface area (Å²) in [6.45, 7) is 15.0. The minimum Gasteiger partial charge on any atom is -0.507 e. The van der Waals surface area contributed by atoms with Gasteiger partial charge >= 0.3 is 0 Å². The highest BCUT2D eigenvalue weighted by Crippen LogP contribution is 2.39. The number of hydrogen-bond donors (Lipinski definition) is 1. The Bertz CT molecular complexity index is 385. The number of phenols is 1. The van der Waals surface area contributed by atoms with Crippen molar-refractivity contribution in [1.29, 1.82) is 0 Å². The van der Waals surface area contributed by atoms with E-state index >= 15 is 0 Å². The third-order valence-electron chi connectivity index (χ3n) is 4.15. The molecule has 1 heteroatoms. The second-order valence-corrected chi connectivity index (χ2v) is 5.46. The first kappa shape index (κ1) is 13.1. The maximum Gasteiger partial charge on any atom is 0.121 e.